The predicted octanol–water partition coefficient (Wildman–Crippen LogP) is 1.97. The molecule has 0 fully saturated rings. The fourth-order valence-corrected chi connectivity index (χ4v) is 1.83. The van der Waals surface area contributed by atoms with Crippen LogP contribution in [0.4, 0.5) is 8.78 Å². The van der Waals surface area contributed by atoms with Crippen LogP contribution in [-0.4, -0.2) is 14.0 Å². The summed E-state index contributed by atoms with van der Waals surface area (Å²) in [7, 11) is -4.01. The summed E-state index contributed by atoms with van der Waals surface area (Å²) < 4.78 is 48.8. The molecule has 0 aliphatic carbocycles. The monoisotopic (exact) mass is 265 g/mol. The molecule has 0 saturated carbocycles. The second-order valence-electron chi connectivity index (χ2n) is 4.38. The Labute approximate surface area is 98.6 Å². The van der Waals surface area contributed by atoms with E-state index < -0.39 is 32.2 Å². The van der Waals surface area contributed by atoms with Gasteiger partial charge < -0.3 is 0 Å². The average Bonchev–Trinajstić information content (AvgIpc) is 2.18. The maximum atomic E-state index is 12.9. The zero-order chi connectivity index (χ0) is 13.3. The molecule has 0 atom stereocenters. The fraction of sp³-hybridized carbons (Fsp3) is 0.400. The van der Waals surface area contributed by atoms with Crippen molar-refractivity contribution < 1.29 is 22.0 Å². The van der Waals surface area contributed by atoms with Gasteiger partial charge in [0, 0.05) is 0 Å². The van der Waals surface area contributed by atoms with Crippen molar-refractivity contribution in [2.24, 2.45) is 0 Å². The molecule has 1 N–H and O–H groups in total. The molecule has 0 saturated heterocycles. The molecular formula is C10H13F2NO3S. The first-order valence-electron chi connectivity index (χ1n) is 4.77. The Kier molecular flexibility index (Phi) is 3.85. The SMILES string of the molecule is CC(C)(C)ONS(=O)(=O)c1ccc(F)c(F)c1. The van der Waals surface area contributed by atoms with E-state index in [1.165, 1.54) is 0 Å². The molecular weight excluding hydrogens is 252 g/mol. The Morgan fingerprint density at radius 1 is 1.18 bits per heavy atom. The molecule has 0 spiro atoms. The fourth-order valence-electron chi connectivity index (χ4n) is 0.872. The van der Waals surface area contributed by atoms with E-state index in [9.17, 15) is 17.2 Å². The Hall–Kier alpha value is -1.05. The van der Waals surface area contributed by atoms with E-state index in [2.05, 4.69) is 0 Å². The first-order valence-corrected chi connectivity index (χ1v) is 6.25. The van der Waals surface area contributed by atoms with Crippen molar-refractivity contribution in [3.8, 4) is 0 Å². The zero-order valence-corrected chi connectivity index (χ0v) is 10.4. The highest BCUT2D eigenvalue weighted by atomic mass is 32.2. The van der Waals surface area contributed by atoms with Gasteiger partial charge in [0.15, 0.2) is 11.6 Å². The molecule has 17 heavy (non-hydrogen) atoms. The summed E-state index contributed by atoms with van der Waals surface area (Å²) >= 11 is 0. The first-order chi connectivity index (χ1) is 7.62. The van der Waals surface area contributed by atoms with Crippen LogP contribution in [0.2, 0.25) is 0 Å². The second-order valence-corrected chi connectivity index (χ2v) is 6.02. The lowest BCUT2D eigenvalue weighted by Crippen LogP contribution is -2.33. The molecule has 0 aliphatic rings. The molecule has 0 aromatic heterocycles. The van der Waals surface area contributed by atoms with Crippen LogP contribution in [0.5, 0.6) is 0 Å². The number of hydrogen-bond donors (Lipinski definition) is 1. The van der Waals surface area contributed by atoms with Crippen molar-refractivity contribution in [1.29, 1.82) is 0 Å². The first kappa shape index (κ1) is 14.0. The van der Waals surface area contributed by atoms with Gasteiger partial charge in [-0.3, -0.25) is 4.84 Å². The summed E-state index contributed by atoms with van der Waals surface area (Å²) in [5, 5.41) is 0. The average molecular weight is 265 g/mol. The van der Waals surface area contributed by atoms with Gasteiger partial charge in [-0.05, 0) is 39.0 Å². The molecule has 0 unspecified atom stereocenters. The second kappa shape index (κ2) is 4.67. The summed E-state index contributed by atoms with van der Waals surface area (Å²) in [5.41, 5.74) is -0.731. The summed E-state index contributed by atoms with van der Waals surface area (Å²) in [5.74, 6) is -2.34. The zero-order valence-electron chi connectivity index (χ0n) is 9.62. The number of halogens is 2. The van der Waals surface area contributed by atoms with Crippen LogP contribution in [0, 0.1) is 11.6 Å². The molecule has 96 valence electrons. The maximum Gasteiger partial charge on any atom is 0.262 e. The number of hydrogen-bond acceptors (Lipinski definition) is 3. The molecule has 0 bridgehead atoms. The quantitative estimate of drug-likeness (QED) is 0.850. The summed E-state index contributed by atoms with van der Waals surface area (Å²) in [4.78, 5) is 6.31. The van der Waals surface area contributed by atoms with Gasteiger partial charge in [-0.25, -0.2) is 17.2 Å². The smallest absolute Gasteiger partial charge is 0.262 e. The normalized spacial score (nSPS) is 12.8. The number of rotatable bonds is 3. The molecule has 1 rings (SSSR count). The molecule has 0 aliphatic heterocycles. The third-order valence-electron chi connectivity index (χ3n) is 1.66. The van der Waals surface area contributed by atoms with Crippen molar-refractivity contribution in [3.05, 3.63) is 29.8 Å². The maximum absolute atomic E-state index is 12.9. The molecule has 7 heteroatoms. The topological polar surface area (TPSA) is 55.4 Å². The van der Waals surface area contributed by atoms with Crippen molar-refractivity contribution in [2.75, 3.05) is 0 Å². The Bertz CT molecular complexity index is 509. The highest BCUT2D eigenvalue weighted by Crippen LogP contribution is 2.14. The molecule has 1 aromatic rings. The largest absolute Gasteiger partial charge is 0.281 e. The number of nitrogens with one attached hydrogen (secondary N) is 1. The summed E-state index contributed by atoms with van der Waals surface area (Å²) in [6.07, 6.45) is 0. The molecule has 0 radical (unpaired) electrons. The molecule has 0 heterocycles. The molecule has 1 aromatic carbocycles. The van der Waals surface area contributed by atoms with Crippen LogP contribution in [0.25, 0.3) is 0 Å². The van der Waals surface area contributed by atoms with E-state index in [0.29, 0.717) is 6.07 Å². The third kappa shape index (κ3) is 4.03. The third-order valence-corrected chi connectivity index (χ3v) is 2.84. The number of sulfonamides is 1. The van der Waals surface area contributed by atoms with Gasteiger partial charge >= 0.3 is 0 Å². The van der Waals surface area contributed by atoms with Crippen molar-refractivity contribution >= 4 is 10.0 Å². The van der Waals surface area contributed by atoms with E-state index >= 15 is 0 Å². The Morgan fingerprint density at radius 2 is 1.76 bits per heavy atom. The Morgan fingerprint density at radius 3 is 2.24 bits per heavy atom. The van der Waals surface area contributed by atoms with Crippen LogP contribution in [0.1, 0.15) is 20.8 Å². The Balaban J connectivity index is 2.94. The van der Waals surface area contributed by atoms with Gasteiger partial charge in [-0.2, -0.15) is 0 Å². The summed E-state index contributed by atoms with van der Waals surface area (Å²) in [6, 6.07) is 2.28. The van der Waals surface area contributed by atoms with Gasteiger partial charge in [-0.15, -0.1) is 0 Å². The van der Waals surface area contributed by atoms with E-state index in [-0.39, 0.29) is 0 Å². The van der Waals surface area contributed by atoms with Gasteiger partial charge in [0.1, 0.15) is 0 Å². The van der Waals surface area contributed by atoms with Crippen LogP contribution >= 0.6 is 0 Å². The lowest BCUT2D eigenvalue weighted by atomic mass is 10.2. The van der Waals surface area contributed by atoms with Gasteiger partial charge in [0.25, 0.3) is 10.0 Å². The minimum atomic E-state index is -4.01. The minimum Gasteiger partial charge on any atom is -0.281 e. The van der Waals surface area contributed by atoms with Crippen molar-refractivity contribution in [1.82, 2.24) is 4.89 Å². The summed E-state index contributed by atoms with van der Waals surface area (Å²) in [6.45, 7) is 4.92. The van der Waals surface area contributed by atoms with Crippen molar-refractivity contribution in [3.63, 3.8) is 0 Å². The highest BCUT2D eigenvalue weighted by molar-refractivity contribution is 7.89. The lowest BCUT2D eigenvalue weighted by Gasteiger charge is -2.19. The molecule has 0 amide bonds. The van der Waals surface area contributed by atoms with E-state index in [4.69, 9.17) is 4.84 Å². The molecule has 4 nitrogen and oxygen atoms in total. The van der Waals surface area contributed by atoms with E-state index in [1.807, 2.05) is 4.89 Å². The van der Waals surface area contributed by atoms with Crippen molar-refractivity contribution in [2.45, 2.75) is 31.3 Å². The van der Waals surface area contributed by atoms with Crippen LogP contribution in [0.15, 0.2) is 23.1 Å². The number of benzene rings is 1. The predicted molar refractivity (Wildman–Crippen MR) is 57.5 cm³/mol. The van der Waals surface area contributed by atoms with Crippen LogP contribution in [-0.2, 0) is 14.9 Å². The van der Waals surface area contributed by atoms with Crippen LogP contribution in [0.3, 0.4) is 0 Å². The minimum absolute atomic E-state index is 0.402. The standard InChI is InChI=1S/C10H13F2NO3S/c1-10(2,3)16-13-17(14,15)7-4-5-8(11)9(12)6-7/h4-6,13H,1-3H3. The van der Waals surface area contributed by atoms with Gasteiger partial charge in [-0.1, -0.05) is 4.89 Å². The lowest BCUT2D eigenvalue weighted by molar-refractivity contribution is -0.0357. The van der Waals surface area contributed by atoms with E-state index in [1.54, 1.807) is 20.8 Å². The highest BCUT2D eigenvalue weighted by Gasteiger charge is 2.20. The van der Waals surface area contributed by atoms with Gasteiger partial charge in [0.05, 0.1) is 10.5 Å². The van der Waals surface area contributed by atoms with Crippen LogP contribution < -0.4 is 4.89 Å². The van der Waals surface area contributed by atoms with E-state index in [0.717, 1.165) is 12.1 Å². The van der Waals surface area contributed by atoms with Gasteiger partial charge in [0.2, 0.25) is 0 Å².